The van der Waals surface area contributed by atoms with Crippen LogP contribution in [-0.2, 0) is 18.4 Å². The largest absolute Gasteiger partial charge is 0.756 e. The lowest BCUT2D eigenvalue weighted by Gasteiger charge is -2.29. The normalized spacial score (nSPS) is 13.9. The Morgan fingerprint density at radius 3 is 1.04 bits per heavy atom. The van der Waals surface area contributed by atoms with Gasteiger partial charge in [-0.1, -0.05) is 338 Å². The zero-order valence-corrected chi connectivity index (χ0v) is 57.5. The highest BCUT2D eigenvalue weighted by atomic mass is 31.2. The monoisotopic (exact) mass is 1200 g/mol. The Balaban J connectivity index is 4.09. The molecule has 0 heterocycles. The van der Waals surface area contributed by atoms with Crippen molar-refractivity contribution in [3.8, 4) is 0 Å². The summed E-state index contributed by atoms with van der Waals surface area (Å²) in [5.41, 5.74) is 0. The Bertz CT molecular complexity index is 1550. The number of likely N-dealkylation sites (N-methyl/N-ethyl adjacent to an activating group) is 1. The third kappa shape index (κ3) is 67.7. The number of unbranched alkanes of at least 4 members (excludes halogenated alkanes) is 47. The van der Waals surface area contributed by atoms with Crippen LogP contribution in [-0.4, -0.2) is 68.5 Å². The van der Waals surface area contributed by atoms with E-state index in [1.165, 1.54) is 289 Å². The molecule has 494 valence electrons. The summed E-state index contributed by atoms with van der Waals surface area (Å²) in [6.45, 7) is 4.66. The molecule has 0 rings (SSSR count). The average molecular weight is 1200 g/mol. The second-order valence-electron chi connectivity index (χ2n) is 26.3. The molecule has 0 fully saturated rings. The van der Waals surface area contributed by atoms with Crippen LogP contribution >= 0.6 is 7.82 Å². The minimum absolute atomic E-state index is 0.00896. The van der Waals surface area contributed by atoms with Gasteiger partial charge in [-0.25, -0.2) is 0 Å². The van der Waals surface area contributed by atoms with Crippen molar-refractivity contribution >= 4 is 13.7 Å². The number of hydrogen-bond donors (Lipinski definition) is 2. The quantitative estimate of drug-likeness (QED) is 0.0272. The molecule has 84 heavy (non-hydrogen) atoms. The van der Waals surface area contributed by atoms with Crippen molar-refractivity contribution in [3.63, 3.8) is 0 Å². The lowest BCUT2D eigenvalue weighted by molar-refractivity contribution is -0.870. The molecule has 0 aromatic rings. The fourth-order valence-corrected chi connectivity index (χ4v) is 11.7. The van der Waals surface area contributed by atoms with Gasteiger partial charge in [0.15, 0.2) is 0 Å². The molecule has 0 aliphatic carbocycles. The predicted octanol–water partition coefficient (Wildman–Crippen LogP) is 22.9. The maximum atomic E-state index is 13.0. The molecule has 8 nitrogen and oxygen atoms in total. The minimum Gasteiger partial charge on any atom is -0.756 e. The molecule has 2 N–H and O–H groups in total. The summed E-state index contributed by atoms with van der Waals surface area (Å²) in [6, 6.07) is -0.913. The van der Waals surface area contributed by atoms with Crippen LogP contribution in [0.25, 0.3) is 0 Å². The standard InChI is InChI=1S/C75H143N2O6P/c1-6-8-10-12-14-16-18-20-22-24-26-28-30-32-34-36-38-40-42-44-46-48-50-52-54-56-58-60-62-64-66-68-74(78)73(72-83-84(80,81)82-71-70-77(3,4)5)76-75(79)69-67-65-63-61-59-57-55-53-51-49-47-45-43-41-39-37-35-33-31-29-27-25-23-21-19-17-15-13-11-9-7-2/h19,21,25,27,50,52,58,60,66,68,73-74,78H,6-18,20,22-24,26,28-49,51,53-57,59,61-65,67,69-72H2,1-5H3,(H-,76,79,80,81)/b21-19-,27-25-,52-50+,60-58+,68-66+. The van der Waals surface area contributed by atoms with E-state index in [4.69, 9.17) is 9.05 Å². The Labute approximate surface area is 523 Å². The van der Waals surface area contributed by atoms with Crippen molar-refractivity contribution in [3.05, 3.63) is 60.8 Å². The molecule has 0 spiro atoms. The molecule has 3 unspecified atom stereocenters. The third-order valence-electron chi connectivity index (χ3n) is 16.7. The van der Waals surface area contributed by atoms with Gasteiger partial charge in [-0.3, -0.25) is 9.36 Å². The number of amides is 1. The van der Waals surface area contributed by atoms with E-state index in [0.717, 1.165) is 51.4 Å². The van der Waals surface area contributed by atoms with Gasteiger partial charge in [-0.15, -0.1) is 0 Å². The maximum absolute atomic E-state index is 13.0. The highest BCUT2D eigenvalue weighted by Crippen LogP contribution is 2.38. The lowest BCUT2D eigenvalue weighted by atomic mass is 10.0. The van der Waals surface area contributed by atoms with Crippen LogP contribution < -0.4 is 10.2 Å². The Morgan fingerprint density at radius 2 is 0.702 bits per heavy atom. The van der Waals surface area contributed by atoms with Crippen molar-refractivity contribution in [1.29, 1.82) is 0 Å². The van der Waals surface area contributed by atoms with Gasteiger partial charge in [0.05, 0.1) is 39.9 Å². The van der Waals surface area contributed by atoms with Crippen LogP contribution in [0.4, 0.5) is 0 Å². The SMILES string of the molecule is CCCCCCC/C=C\C/C=C\CCCCCCCCCCCCCCCCCCCCCC(=O)NC(COP(=O)([O-])OCC[N+](C)(C)C)C(O)/C=C/CC/C=C/CC/C=C/CCCCCCCCCCCCCCCCCCCCCCC. The number of aliphatic hydroxyl groups excluding tert-OH is 1. The van der Waals surface area contributed by atoms with E-state index in [-0.39, 0.29) is 12.5 Å². The predicted molar refractivity (Wildman–Crippen MR) is 367 cm³/mol. The average Bonchev–Trinajstić information content (AvgIpc) is 3.56. The van der Waals surface area contributed by atoms with Crippen molar-refractivity contribution in [2.45, 2.75) is 373 Å². The van der Waals surface area contributed by atoms with Gasteiger partial charge >= 0.3 is 0 Å². The Kier molecular flexibility index (Phi) is 64.2. The number of hydrogen-bond acceptors (Lipinski definition) is 6. The van der Waals surface area contributed by atoms with E-state index in [9.17, 15) is 19.4 Å². The van der Waals surface area contributed by atoms with Crippen LogP contribution in [0.3, 0.4) is 0 Å². The van der Waals surface area contributed by atoms with Gasteiger partial charge in [0.2, 0.25) is 5.91 Å². The summed E-state index contributed by atoms with van der Waals surface area (Å²) < 4.78 is 23.5. The number of quaternary nitrogens is 1. The lowest BCUT2D eigenvalue weighted by Crippen LogP contribution is -2.45. The molecule has 0 aliphatic rings. The van der Waals surface area contributed by atoms with Crippen molar-refractivity contribution < 1.29 is 32.9 Å². The molecule has 0 aromatic carbocycles. The van der Waals surface area contributed by atoms with Crippen LogP contribution in [0.15, 0.2) is 60.8 Å². The zero-order chi connectivity index (χ0) is 61.2. The Morgan fingerprint density at radius 1 is 0.417 bits per heavy atom. The Hall–Kier alpha value is -1.80. The molecule has 3 atom stereocenters. The van der Waals surface area contributed by atoms with E-state index in [0.29, 0.717) is 17.4 Å². The second-order valence-corrected chi connectivity index (χ2v) is 27.7. The molecule has 0 aliphatic heterocycles. The number of carbonyl (C=O) groups excluding carboxylic acids is 1. The molecule has 9 heteroatoms. The molecular formula is C75H143N2O6P. The van der Waals surface area contributed by atoms with E-state index in [1.54, 1.807) is 6.08 Å². The molecule has 0 saturated carbocycles. The van der Waals surface area contributed by atoms with Crippen LogP contribution in [0.2, 0.25) is 0 Å². The summed E-state index contributed by atoms with van der Waals surface area (Å²) in [7, 11) is 1.25. The van der Waals surface area contributed by atoms with Crippen molar-refractivity contribution in [2.24, 2.45) is 0 Å². The number of allylic oxidation sites excluding steroid dienone is 9. The number of nitrogens with one attached hydrogen (secondary N) is 1. The molecule has 1 amide bonds. The van der Waals surface area contributed by atoms with Gasteiger partial charge in [-0.05, 0) is 77.0 Å². The smallest absolute Gasteiger partial charge is 0.268 e. The first-order valence-electron chi connectivity index (χ1n) is 36.7. The number of nitrogens with zero attached hydrogens (tertiary/aromatic N) is 1. The molecular weight excluding hydrogens is 1060 g/mol. The first-order chi connectivity index (χ1) is 41.0. The fraction of sp³-hybridized carbons (Fsp3) is 0.853. The van der Waals surface area contributed by atoms with Crippen LogP contribution in [0, 0.1) is 0 Å². The number of rotatable bonds is 68. The highest BCUT2D eigenvalue weighted by molar-refractivity contribution is 7.45. The van der Waals surface area contributed by atoms with E-state index >= 15 is 0 Å². The maximum Gasteiger partial charge on any atom is 0.268 e. The summed E-state index contributed by atoms with van der Waals surface area (Å²) in [6.07, 6.45) is 90.8. The second kappa shape index (κ2) is 65.6. The number of aliphatic hydroxyl groups is 1. The third-order valence-corrected chi connectivity index (χ3v) is 17.6. The van der Waals surface area contributed by atoms with Gasteiger partial charge in [0, 0.05) is 6.42 Å². The first kappa shape index (κ1) is 82.2. The van der Waals surface area contributed by atoms with Gasteiger partial charge < -0.3 is 28.8 Å². The molecule has 0 aromatic heterocycles. The van der Waals surface area contributed by atoms with E-state index < -0.39 is 26.6 Å². The molecule has 0 saturated heterocycles. The zero-order valence-electron chi connectivity index (χ0n) is 56.6. The fourth-order valence-electron chi connectivity index (χ4n) is 11.0. The van der Waals surface area contributed by atoms with E-state index in [1.807, 2.05) is 27.2 Å². The summed E-state index contributed by atoms with van der Waals surface area (Å²) in [5, 5.41) is 13.9. The van der Waals surface area contributed by atoms with Crippen molar-refractivity contribution in [2.75, 3.05) is 40.9 Å². The van der Waals surface area contributed by atoms with Crippen molar-refractivity contribution in [1.82, 2.24) is 5.32 Å². The van der Waals surface area contributed by atoms with Crippen LogP contribution in [0.1, 0.15) is 361 Å². The number of phosphoric ester groups is 1. The molecule has 0 bridgehead atoms. The summed E-state index contributed by atoms with van der Waals surface area (Å²) in [4.78, 5) is 25.6. The van der Waals surface area contributed by atoms with Gasteiger partial charge in [0.1, 0.15) is 13.2 Å². The number of carbonyl (C=O) groups is 1. The van der Waals surface area contributed by atoms with Gasteiger partial charge in [0.25, 0.3) is 7.82 Å². The topological polar surface area (TPSA) is 108 Å². The highest BCUT2D eigenvalue weighted by Gasteiger charge is 2.23. The molecule has 0 radical (unpaired) electrons. The van der Waals surface area contributed by atoms with Crippen LogP contribution in [0.5, 0.6) is 0 Å². The van der Waals surface area contributed by atoms with Gasteiger partial charge in [-0.2, -0.15) is 0 Å². The van der Waals surface area contributed by atoms with E-state index in [2.05, 4.69) is 67.8 Å². The number of phosphoric acid groups is 1. The summed E-state index contributed by atoms with van der Waals surface area (Å²) >= 11 is 0. The summed E-state index contributed by atoms with van der Waals surface area (Å²) in [5.74, 6) is -0.206. The first-order valence-corrected chi connectivity index (χ1v) is 38.1. The minimum atomic E-state index is -4.62.